The summed E-state index contributed by atoms with van der Waals surface area (Å²) in [4.78, 5) is 49.9. The molecular formula is C19H24N4O4. The molecule has 0 unspecified atom stereocenters. The summed E-state index contributed by atoms with van der Waals surface area (Å²) < 4.78 is 0. The lowest BCUT2D eigenvalue weighted by Gasteiger charge is -2.36. The first-order valence-electron chi connectivity index (χ1n) is 9.18. The number of carbonyl (C=O) groups is 4. The lowest BCUT2D eigenvalue weighted by molar-refractivity contribution is -0.137. The molecule has 8 nitrogen and oxygen atoms in total. The second-order valence-electron chi connectivity index (χ2n) is 7.16. The van der Waals surface area contributed by atoms with Gasteiger partial charge in [-0.25, -0.2) is 9.59 Å². The van der Waals surface area contributed by atoms with Crippen LogP contribution in [-0.4, -0.2) is 40.9 Å². The van der Waals surface area contributed by atoms with Crippen molar-refractivity contribution in [1.29, 1.82) is 0 Å². The van der Waals surface area contributed by atoms with E-state index in [1.54, 1.807) is 0 Å². The molecule has 0 bridgehead atoms. The molecule has 6 amide bonds. The van der Waals surface area contributed by atoms with Gasteiger partial charge in [-0.3, -0.25) is 19.8 Å². The molecule has 1 aromatic carbocycles. The van der Waals surface area contributed by atoms with Crippen LogP contribution in [0.5, 0.6) is 0 Å². The van der Waals surface area contributed by atoms with Crippen LogP contribution in [0.15, 0.2) is 30.3 Å². The maximum Gasteiger partial charge on any atom is 0.325 e. The normalized spacial score (nSPS) is 24.6. The molecule has 2 atom stereocenters. The first kappa shape index (κ1) is 18.9. The fraction of sp³-hybridized carbons (Fsp3) is 0.474. The summed E-state index contributed by atoms with van der Waals surface area (Å²) in [6.07, 6.45) is 3.31. The van der Waals surface area contributed by atoms with E-state index in [4.69, 9.17) is 0 Å². The summed E-state index contributed by atoms with van der Waals surface area (Å²) in [5.74, 6) is -1.06. The van der Waals surface area contributed by atoms with Gasteiger partial charge in [0.25, 0.3) is 5.91 Å². The molecule has 2 fully saturated rings. The minimum absolute atomic E-state index is 0.0185. The Morgan fingerprint density at radius 3 is 2.67 bits per heavy atom. The summed E-state index contributed by atoms with van der Waals surface area (Å²) in [5.41, 5.74) is -0.0204. The second-order valence-corrected chi connectivity index (χ2v) is 7.16. The molecule has 3 N–H and O–H groups in total. The van der Waals surface area contributed by atoms with Crippen molar-refractivity contribution in [1.82, 2.24) is 20.9 Å². The highest BCUT2D eigenvalue weighted by atomic mass is 16.2. The van der Waals surface area contributed by atoms with Crippen molar-refractivity contribution in [3.63, 3.8) is 0 Å². The van der Waals surface area contributed by atoms with Crippen LogP contribution in [0.25, 0.3) is 0 Å². The zero-order chi connectivity index (χ0) is 19.4. The summed E-state index contributed by atoms with van der Waals surface area (Å²) in [5, 5.41) is 7.51. The highest BCUT2D eigenvalue weighted by Gasteiger charge is 2.55. The second kappa shape index (κ2) is 7.77. The van der Waals surface area contributed by atoms with Gasteiger partial charge in [0.2, 0.25) is 5.91 Å². The van der Waals surface area contributed by atoms with Gasteiger partial charge in [0.1, 0.15) is 12.1 Å². The SMILES string of the molecule is C[C@@H]1CCCC[C@@]12NC(=O)N(CC(=O)NC(=O)NCc1ccccc1)C2=O. The van der Waals surface area contributed by atoms with Crippen LogP contribution in [0.4, 0.5) is 9.59 Å². The summed E-state index contributed by atoms with van der Waals surface area (Å²) in [7, 11) is 0. The minimum atomic E-state index is -0.912. The number of rotatable bonds is 4. The van der Waals surface area contributed by atoms with Crippen LogP contribution in [-0.2, 0) is 16.1 Å². The lowest BCUT2D eigenvalue weighted by atomic mass is 9.73. The van der Waals surface area contributed by atoms with Crippen molar-refractivity contribution < 1.29 is 19.2 Å². The summed E-state index contributed by atoms with van der Waals surface area (Å²) >= 11 is 0. The molecule has 8 heteroatoms. The smallest absolute Gasteiger partial charge is 0.325 e. The predicted octanol–water partition coefficient (Wildman–Crippen LogP) is 1.51. The van der Waals surface area contributed by atoms with Crippen LogP contribution in [0.1, 0.15) is 38.2 Å². The van der Waals surface area contributed by atoms with Crippen molar-refractivity contribution in [2.24, 2.45) is 5.92 Å². The number of amides is 6. The molecule has 0 aromatic heterocycles. The number of imide groups is 2. The van der Waals surface area contributed by atoms with Gasteiger partial charge in [-0.2, -0.15) is 0 Å². The van der Waals surface area contributed by atoms with Crippen LogP contribution in [0.2, 0.25) is 0 Å². The molecule has 1 spiro atoms. The van der Waals surface area contributed by atoms with E-state index in [0.29, 0.717) is 6.42 Å². The number of hydrogen-bond acceptors (Lipinski definition) is 4. The molecule has 27 heavy (non-hydrogen) atoms. The molecule has 1 aromatic rings. The Labute approximate surface area is 157 Å². The fourth-order valence-corrected chi connectivity index (χ4v) is 3.77. The van der Waals surface area contributed by atoms with E-state index in [1.807, 2.05) is 37.3 Å². The van der Waals surface area contributed by atoms with Crippen molar-refractivity contribution in [3.05, 3.63) is 35.9 Å². The number of nitrogens with one attached hydrogen (secondary N) is 3. The number of hydrogen-bond donors (Lipinski definition) is 3. The number of carbonyl (C=O) groups excluding carboxylic acids is 4. The van der Waals surface area contributed by atoms with Crippen LogP contribution in [0, 0.1) is 5.92 Å². The third kappa shape index (κ3) is 3.94. The summed E-state index contributed by atoms with van der Waals surface area (Å²) in [6.45, 7) is 1.74. The molecule has 1 saturated carbocycles. The molecule has 3 rings (SSSR count). The molecular weight excluding hydrogens is 348 g/mol. The summed E-state index contributed by atoms with van der Waals surface area (Å²) in [6, 6.07) is 8.01. The number of benzene rings is 1. The van der Waals surface area contributed by atoms with Gasteiger partial charge in [-0.15, -0.1) is 0 Å². The molecule has 1 aliphatic carbocycles. The molecule has 1 aliphatic heterocycles. The highest BCUT2D eigenvalue weighted by Crippen LogP contribution is 2.38. The van der Waals surface area contributed by atoms with E-state index < -0.39 is 30.1 Å². The monoisotopic (exact) mass is 372 g/mol. The van der Waals surface area contributed by atoms with Crippen molar-refractivity contribution in [2.45, 2.75) is 44.7 Å². The van der Waals surface area contributed by atoms with Crippen molar-refractivity contribution in [2.75, 3.05) is 6.54 Å². The van der Waals surface area contributed by atoms with Gasteiger partial charge >= 0.3 is 12.1 Å². The Morgan fingerprint density at radius 2 is 1.96 bits per heavy atom. The predicted molar refractivity (Wildman–Crippen MR) is 97.4 cm³/mol. The minimum Gasteiger partial charge on any atom is -0.334 e. The van der Waals surface area contributed by atoms with E-state index in [2.05, 4.69) is 16.0 Å². The van der Waals surface area contributed by atoms with Crippen LogP contribution >= 0.6 is 0 Å². The van der Waals surface area contributed by atoms with Gasteiger partial charge < -0.3 is 10.6 Å². The van der Waals surface area contributed by atoms with E-state index in [0.717, 1.165) is 29.7 Å². The molecule has 2 aliphatic rings. The average molecular weight is 372 g/mol. The maximum absolute atomic E-state index is 12.8. The Balaban J connectivity index is 1.53. The van der Waals surface area contributed by atoms with E-state index >= 15 is 0 Å². The standard InChI is InChI=1S/C19H24N4O4/c1-13-7-5-6-10-19(13)16(25)23(18(27)22-19)12-15(24)21-17(26)20-11-14-8-3-2-4-9-14/h2-4,8-9,13H,5-7,10-12H2,1H3,(H,22,27)(H2,20,21,24,26)/t13-,19-/m1/s1. The van der Waals surface area contributed by atoms with Gasteiger partial charge in [-0.1, -0.05) is 50.1 Å². The van der Waals surface area contributed by atoms with E-state index in [-0.39, 0.29) is 18.4 Å². The Morgan fingerprint density at radius 1 is 1.22 bits per heavy atom. The van der Waals surface area contributed by atoms with Gasteiger partial charge in [-0.05, 0) is 24.3 Å². The Hall–Kier alpha value is -2.90. The zero-order valence-corrected chi connectivity index (χ0v) is 15.3. The van der Waals surface area contributed by atoms with Gasteiger partial charge in [0.05, 0.1) is 0 Å². The average Bonchev–Trinajstić information content (AvgIpc) is 2.88. The quantitative estimate of drug-likeness (QED) is 0.696. The largest absolute Gasteiger partial charge is 0.334 e. The molecule has 144 valence electrons. The van der Waals surface area contributed by atoms with Gasteiger partial charge in [0.15, 0.2) is 0 Å². The topological polar surface area (TPSA) is 108 Å². The number of urea groups is 2. The Kier molecular flexibility index (Phi) is 5.43. The third-order valence-electron chi connectivity index (χ3n) is 5.35. The number of nitrogens with zero attached hydrogens (tertiary/aromatic N) is 1. The highest BCUT2D eigenvalue weighted by molar-refractivity contribution is 6.10. The van der Waals surface area contributed by atoms with Crippen LogP contribution in [0.3, 0.4) is 0 Å². The fourth-order valence-electron chi connectivity index (χ4n) is 3.77. The molecule has 1 saturated heterocycles. The van der Waals surface area contributed by atoms with E-state index in [9.17, 15) is 19.2 Å². The zero-order valence-electron chi connectivity index (χ0n) is 15.3. The van der Waals surface area contributed by atoms with Crippen molar-refractivity contribution >= 4 is 23.9 Å². The molecule has 1 heterocycles. The van der Waals surface area contributed by atoms with Crippen LogP contribution < -0.4 is 16.0 Å². The first-order chi connectivity index (χ1) is 12.9. The van der Waals surface area contributed by atoms with Gasteiger partial charge in [0, 0.05) is 6.54 Å². The maximum atomic E-state index is 12.8. The lowest BCUT2D eigenvalue weighted by Crippen LogP contribution is -2.54. The Bertz CT molecular complexity index is 751. The van der Waals surface area contributed by atoms with Crippen molar-refractivity contribution in [3.8, 4) is 0 Å². The molecule has 0 radical (unpaired) electrons. The third-order valence-corrected chi connectivity index (χ3v) is 5.35. The first-order valence-corrected chi connectivity index (χ1v) is 9.18. The van der Waals surface area contributed by atoms with E-state index in [1.165, 1.54) is 0 Å².